The summed E-state index contributed by atoms with van der Waals surface area (Å²) < 4.78 is 5.15. The molecule has 0 heterocycles. The molecule has 6 nitrogen and oxygen atoms in total. The van der Waals surface area contributed by atoms with E-state index in [4.69, 9.17) is 4.74 Å². The van der Waals surface area contributed by atoms with E-state index >= 15 is 0 Å². The number of amides is 1. The van der Waals surface area contributed by atoms with Gasteiger partial charge >= 0.3 is 0 Å². The SMILES string of the molecule is COc1cccc(CN(C)C(=O)c2ccc([N+](=O)[O-])cc2)c1. The van der Waals surface area contributed by atoms with Crippen molar-refractivity contribution in [2.45, 2.75) is 6.54 Å². The van der Waals surface area contributed by atoms with Crippen LogP contribution in [0.25, 0.3) is 0 Å². The summed E-state index contributed by atoms with van der Waals surface area (Å²) in [5.74, 6) is 0.534. The number of nitro benzene ring substituents is 1. The van der Waals surface area contributed by atoms with Crippen LogP contribution in [-0.4, -0.2) is 29.9 Å². The van der Waals surface area contributed by atoms with Gasteiger partial charge in [-0.2, -0.15) is 0 Å². The van der Waals surface area contributed by atoms with E-state index in [0.717, 1.165) is 11.3 Å². The smallest absolute Gasteiger partial charge is 0.269 e. The Morgan fingerprint density at radius 2 is 1.91 bits per heavy atom. The van der Waals surface area contributed by atoms with Gasteiger partial charge in [0, 0.05) is 31.3 Å². The Balaban J connectivity index is 2.09. The second-order valence-corrected chi connectivity index (χ2v) is 4.82. The number of nitro groups is 1. The zero-order valence-corrected chi connectivity index (χ0v) is 12.4. The number of carbonyl (C=O) groups excluding carboxylic acids is 1. The fourth-order valence-corrected chi connectivity index (χ4v) is 2.06. The van der Waals surface area contributed by atoms with Gasteiger partial charge in [-0.05, 0) is 29.8 Å². The average molecular weight is 300 g/mol. The fourth-order valence-electron chi connectivity index (χ4n) is 2.06. The van der Waals surface area contributed by atoms with E-state index in [2.05, 4.69) is 0 Å². The van der Waals surface area contributed by atoms with Gasteiger partial charge in [0.05, 0.1) is 12.0 Å². The number of ether oxygens (including phenoxy) is 1. The van der Waals surface area contributed by atoms with Gasteiger partial charge in [0.1, 0.15) is 5.75 Å². The van der Waals surface area contributed by atoms with Gasteiger partial charge in [0.2, 0.25) is 0 Å². The molecule has 0 spiro atoms. The minimum atomic E-state index is -0.492. The maximum Gasteiger partial charge on any atom is 0.269 e. The monoisotopic (exact) mass is 300 g/mol. The van der Waals surface area contributed by atoms with E-state index < -0.39 is 4.92 Å². The van der Waals surface area contributed by atoms with Gasteiger partial charge in [-0.1, -0.05) is 12.1 Å². The number of non-ortho nitro benzene ring substituents is 1. The summed E-state index contributed by atoms with van der Waals surface area (Å²) in [6.07, 6.45) is 0. The van der Waals surface area contributed by atoms with Crippen molar-refractivity contribution in [1.29, 1.82) is 0 Å². The fraction of sp³-hybridized carbons (Fsp3) is 0.188. The van der Waals surface area contributed by atoms with E-state index in [0.29, 0.717) is 12.1 Å². The minimum Gasteiger partial charge on any atom is -0.497 e. The third kappa shape index (κ3) is 3.60. The van der Waals surface area contributed by atoms with Crippen molar-refractivity contribution in [2.24, 2.45) is 0 Å². The predicted molar refractivity (Wildman–Crippen MR) is 81.9 cm³/mol. The van der Waals surface area contributed by atoms with E-state index in [-0.39, 0.29) is 11.6 Å². The summed E-state index contributed by atoms with van der Waals surface area (Å²) >= 11 is 0. The molecule has 0 aliphatic rings. The molecule has 0 aliphatic carbocycles. The lowest BCUT2D eigenvalue weighted by Gasteiger charge is -2.17. The van der Waals surface area contributed by atoms with E-state index in [1.165, 1.54) is 24.3 Å². The number of nitrogens with zero attached hydrogens (tertiary/aromatic N) is 2. The third-order valence-electron chi connectivity index (χ3n) is 3.23. The highest BCUT2D eigenvalue weighted by molar-refractivity contribution is 5.94. The normalized spacial score (nSPS) is 10.1. The Kier molecular flexibility index (Phi) is 4.73. The first kappa shape index (κ1) is 15.5. The number of methoxy groups -OCH3 is 1. The molecule has 0 aromatic heterocycles. The largest absolute Gasteiger partial charge is 0.497 e. The Morgan fingerprint density at radius 3 is 2.50 bits per heavy atom. The summed E-state index contributed by atoms with van der Waals surface area (Å²) in [5.41, 5.74) is 1.32. The van der Waals surface area contributed by atoms with Crippen LogP contribution in [0.2, 0.25) is 0 Å². The number of hydrogen-bond donors (Lipinski definition) is 0. The summed E-state index contributed by atoms with van der Waals surface area (Å²) in [7, 11) is 3.27. The average Bonchev–Trinajstić information content (AvgIpc) is 2.54. The Hall–Kier alpha value is -2.89. The van der Waals surface area contributed by atoms with E-state index in [1.54, 1.807) is 19.1 Å². The molecule has 22 heavy (non-hydrogen) atoms. The van der Waals surface area contributed by atoms with Crippen molar-refractivity contribution in [3.05, 3.63) is 69.8 Å². The molecule has 0 saturated carbocycles. The van der Waals surface area contributed by atoms with Crippen LogP contribution in [-0.2, 0) is 6.54 Å². The molecule has 0 unspecified atom stereocenters. The lowest BCUT2D eigenvalue weighted by atomic mass is 10.1. The van der Waals surface area contributed by atoms with Crippen LogP contribution in [0.15, 0.2) is 48.5 Å². The molecule has 0 bridgehead atoms. The predicted octanol–water partition coefficient (Wildman–Crippen LogP) is 2.88. The number of rotatable bonds is 5. The molecule has 2 rings (SSSR count). The topological polar surface area (TPSA) is 72.7 Å². The van der Waals surface area contributed by atoms with Crippen molar-refractivity contribution in [2.75, 3.05) is 14.2 Å². The summed E-state index contributed by atoms with van der Waals surface area (Å²) in [6, 6.07) is 13.0. The van der Waals surface area contributed by atoms with Crippen molar-refractivity contribution < 1.29 is 14.5 Å². The highest BCUT2D eigenvalue weighted by Crippen LogP contribution is 2.16. The summed E-state index contributed by atoms with van der Waals surface area (Å²) in [5, 5.41) is 10.6. The van der Waals surface area contributed by atoms with Crippen LogP contribution in [0.3, 0.4) is 0 Å². The molecule has 0 atom stereocenters. The zero-order valence-electron chi connectivity index (χ0n) is 12.4. The minimum absolute atomic E-state index is 0.0352. The maximum absolute atomic E-state index is 12.3. The Morgan fingerprint density at radius 1 is 1.23 bits per heavy atom. The molecule has 0 N–H and O–H groups in total. The first-order valence-electron chi connectivity index (χ1n) is 6.64. The van der Waals surface area contributed by atoms with Crippen LogP contribution in [0.5, 0.6) is 5.75 Å². The van der Waals surface area contributed by atoms with Crippen molar-refractivity contribution in [1.82, 2.24) is 4.90 Å². The molecule has 1 amide bonds. The van der Waals surface area contributed by atoms with Gasteiger partial charge in [-0.25, -0.2) is 0 Å². The van der Waals surface area contributed by atoms with Gasteiger partial charge in [0.25, 0.3) is 11.6 Å². The van der Waals surface area contributed by atoms with E-state index in [1.807, 2.05) is 24.3 Å². The number of carbonyl (C=O) groups is 1. The maximum atomic E-state index is 12.3. The lowest BCUT2D eigenvalue weighted by Crippen LogP contribution is -2.26. The summed E-state index contributed by atoms with van der Waals surface area (Å²) in [4.78, 5) is 24.0. The second-order valence-electron chi connectivity index (χ2n) is 4.82. The Bertz CT molecular complexity index is 683. The first-order chi connectivity index (χ1) is 10.5. The molecule has 2 aromatic carbocycles. The first-order valence-corrected chi connectivity index (χ1v) is 6.64. The van der Waals surface area contributed by atoms with Crippen LogP contribution >= 0.6 is 0 Å². The molecule has 0 aliphatic heterocycles. The molecule has 0 saturated heterocycles. The van der Waals surface area contributed by atoms with Crippen molar-refractivity contribution in [3.8, 4) is 5.75 Å². The van der Waals surface area contributed by atoms with Gasteiger partial charge in [-0.3, -0.25) is 14.9 Å². The van der Waals surface area contributed by atoms with Crippen molar-refractivity contribution in [3.63, 3.8) is 0 Å². The highest BCUT2D eigenvalue weighted by atomic mass is 16.6. The lowest BCUT2D eigenvalue weighted by molar-refractivity contribution is -0.384. The molecule has 0 fully saturated rings. The van der Waals surface area contributed by atoms with Crippen molar-refractivity contribution >= 4 is 11.6 Å². The van der Waals surface area contributed by atoms with Gasteiger partial charge in [-0.15, -0.1) is 0 Å². The zero-order chi connectivity index (χ0) is 16.1. The summed E-state index contributed by atoms with van der Waals surface area (Å²) in [6.45, 7) is 0.424. The van der Waals surface area contributed by atoms with Crippen LogP contribution in [0.1, 0.15) is 15.9 Å². The number of benzene rings is 2. The standard InChI is InChI=1S/C16H16N2O4/c1-17(11-12-4-3-5-15(10-12)22-2)16(19)13-6-8-14(9-7-13)18(20)21/h3-10H,11H2,1-2H3. The van der Waals surface area contributed by atoms with Crippen LogP contribution < -0.4 is 4.74 Å². The third-order valence-corrected chi connectivity index (χ3v) is 3.23. The van der Waals surface area contributed by atoms with Crippen LogP contribution in [0, 0.1) is 10.1 Å². The molecule has 2 aromatic rings. The molecule has 0 radical (unpaired) electrons. The second kappa shape index (κ2) is 6.71. The highest BCUT2D eigenvalue weighted by Gasteiger charge is 2.14. The van der Waals surface area contributed by atoms with E-state index in [9.17, 15) is 14.9 Å². The quantitative estimate of drug-likeness (QED) is 0.628. The number of hydrogen-bond acceptors (Lipinski definition) is 4. The molecule has 114 valence electrons. The van der Waals surface area contributed by atoms with Gasteiger partial charge in [0.15, 0.2) is 0 Å². The Labute approximate surface area is 128 Å². The van der Waals surface area contributed by atoms with Gasteiger partial charge < -0.3 is 9.64 Å². The molecular formula is C16H16N2O4. The molecule has 6 heteroatoms. The van der Waals surface area contributed by atoms with Crippen LogP contribution in [0.4, 0.5) is 5.69 Å². The molecular weight excluding hydrogens is 284 g/mol.